The lowest BCUT2D eigenvalue weighted by molar-refractivity contribution is 0.0297. The Hall–Kier alpha value is -1.53. The first kappa shape index (κ1) is 18.8. The molecule has 0 spiro atoms. The van der Waals surface area contributed by atoms with E-state index in [1.165, 1.54) is 35.4 Å². The lowest BCUT2D eigenvalue weighted by Gasteiger charge is -2.27. The summed E-state index contributed by atoms with van der Waals surface area (Å²) in [4.78, 5) is 16.5. The Morgan fingerprint density at radius 3 is 2.56 bits per heavy atom. The molecule has 1 saturated carbocycles. The van der Waals surface area contributed by atoms with E-state index in [2.05, 4.69) is 30.7 Å². The highest BCUT2D eigenvalue weighted by Gasteiger charge is 2.34. The Morgan fingerprint density at radius 1 is 1.15 bits per heavy atom. The predicted molar refractivity (Wildman–Crippen MR) is 110 cm³/mol. The van der Waals surface area contributed by atoms with Crippen molar-refractivity contribution in [3.05, 3.63) is 34.0 Å². The molecule has 0 aromatic carbocycles. The van der Waals surface area contributed by atoms with Crippen LogP contribution in [0.4, 0.5) is 0 Å². The van der Waals surface area contributed by atoms with Crippen LogP contribution in [0.2, 0.25) is 0 Å². The molecule has 0 radical (unpaired) electrons. The summed E-state index contributed by atoms with van der Waals surface area (Å²) in [5.41, 5.74) is 4.22. The molecular formula is C21H29N3O2S. The van der Waals surface area contributed by atoms with Crippen molar-refractivity contribution in [3.8, 4) is 0 Å². The molecule has 0 atom stereocenters. The van der Waals surface area contributed by atoms with Gasteiger partial charge in [0, 0.05) is 34.9 Å². The van der Waals surface area contributed by atoms with Crippen LogP contribution in [-0.2, 0) is 10.5 Å². The van der Waals surface area contributed by atoms with Gasteiger partial charge >= 0.3 is 0 Å². The maximum absolute atomic E-state index is 13.3. The van der Waals surface area contributed by atoms with Gasteiger partial charge in [0.25, 0.3) is 5.91 Å². The van der Waals surface area contributed by atoms with Gasteiger partial charge in [-0.2, -0.15) is 5.10 Å². The van der Waals surface area contributed by atoms with Crippen LogP contribution < -0.4 is 0 Å². The van der Waals surface area contributed by atoms with E-state index in [0.29, 0.717) is 38.0 Å². The number of hydrogen-bond acceptors (Lipinski definition) is 4. The second kappa shape index (κ2) is 8.23. The van der Waals surface area contributed by atoms with Gasteiger partial charge in [0.15, 0.2) is 5.69 Å². The molecule has 4 rings (SSSR count). The number of morpholine rings is 1. The number of thioether (sulfide) groups is 1. The van der Waals surface area contributed by atoms with Crippen LogP contribution in [0.15, 0.2) is 17.1 Å². The van der Waals surface area contributed by atoms with E-state index in [9.17, 15) is 4.79 Å². The molecular weight excluding hydrogens is 358 g/mol. The number of carbonyl (C=O) groups excluding carboxylic acids is 1. The quantitative estimate of drug-likeness (QED) is 0.754. The van der Waals surface area contributed by atoms with Crippen molar-refractivity contribution in [2.75, 3.05) is 26.3 Å². The zero-order chi connectivity index (χ0) is 18.8. The zero-order valence-corrected chi connectivity index (χ0v) is 17.2. The number of carbonyl (C=O) groups is 1. The number of ether oxygens (including phenoxy) is 1. The lowest BCUT2D eigenvalue weighted by atomic mass is 9.94. The predicted octanol–water partition coefficient (Wildman–Crippen LogP) is 4.41. The van der Waals surface area contributed by atoms with Crippen molar-refractivity contribution in [3.63, 3.8) is 0 Å². The van der Waals surface area contributed by atoms with Gasteiger partial charge in [0.1, 0.15) is 0 Å². The van der Waals surface area contributed by atoms with Crippen LogP contribution in [0.25, 0.3) is 5.57 Å². The van der Waals surface area contributed by atoms with Gasteiger partial charge in [-0.05, 0) is 26.7 Å². The fourth-order valence-corrected chi connectivity index (χ4v) is 5.54. The third kappa shape index (κ3) is 3.49. The first-order valence-corrected chi connectivity index (χ1v) is 11.2. The van der Waals surface area contributed by atoms with E-state index in [0.717, 1.165) is 24.2 Å². The highest BCUT2D eigenvalue weighted by molar-refractivity contribution is 8.03. The number of nitrogens with zero attached hydrogens (tertiary/aromatic N) is 3. The van der Waals surface area contributed by atoms with Crippen LogP contribution in [-0.4, -0.2) is 46.9 Å². The normalized spacial score (nSPS) is 24.4. The maximum atomic E-state index is 13.3. The number of amides is 1. The fraction of sp³-hybridized carbons (Fsp3) is 0.619. The third-order valence-electron chi connectivity index (χ3n) is 5.87. The molecule has 3 aliphatic rings. The molecule has 0 N–H and O–H groups in total. The van der Waals surface area contributed by atoms with Crippen molar-refractivity contribution in [2.24, 2.45) is 0 Å². The van der Waals surface area contributed by atoms with E-state index in [-0.39, 0.29) is 5.91 Å². The van der Waals surface area contributed by atoms with Gasteiger partial charge in [0.2, 0.25) is 0 Å². The van der Waals surface area contributed by atoms with Crippen LogP contribution in [0.1, 0.15) is 73.7 Å². The molecule has 0 unspecified atom stereocenters. The molecule has 5 nitrogen and oxygen atoms in total. The summed E-state index contributed by atoms with van der Waals surface area (Å²) in [6, 6.07) is 0.412. The summed E-state index contributed by atoms with van der Waals surface area (Å²) in [5.74, 6) is 0.897. The lowest BCUT2D eigenvalue weighted by Crippen LogP contribution is -2.41. The first-order valence-electron chi connectivity index (χ1n) is 10.2. The maximum Gasteiger partial charge on any atom is 0.274 e. The van der Waals surface area contributed by atoms with Crippen molar-refractivity contribution in [1.82, 2.24) is 14.7 Å². The van der Waals surface area contributed by atoms with Gasteiger partial charge in [-0.3, -0.25) is 9.48 Å². The Kier molecular flexibility index (Phi) is 5.74. The van der Waals surface area contributed by atoms with Crippen molar-refractivity contribution >= 4 is 23.2 Å². The second-order valence-electron chi connectivity index (χ2n) is 7.46. The Balaban J connectivity index is 1.79. The Morgan fingerprint density at radius 2 is 1.89 bits per heavy atom. The van der Waals surface area contributed by atoms with Crippen molar-refractivity contribution in [2.45, 2.75) is 57.7 Å². The molecule has 0 bridgehead atoms. The summed E-state index contributed by atoms with van der Waals surface area (Å²) in [7, 11) is 0. The molecule has 2 fully saturated rings. The van der Waals surface area contributed by atoms with Gasteiger partial charge < -0.3 is 9.64 Å². The van der Waals surface area contributed by atoms with E-state index < -0.39 is 0 Å². The highest BCUT2D eigenvalue weighted by atomic mass is 32.2. The Labute approximate surface area is 165 Å². The summed E-state index contributed by atoms with van der Waals surface area (Å²) in [6.07, 6.45) is 10.5. The monoisotopic (exact) mass is 387 g/mol. The molecule has 1 aliphatic carbocycles. The van der Waals surface area contributed by atoms with Gasteiger partial charge in [-0.25, -0.2) is 0 Å². The van der Waals surface area contributed by atoms with Gasteiger partial charge in [-0.15, -0.1) is 11.8 Å². The van der Waals surface area contributed by atoms with Crippen molar-refractivity contribution in [1.29, 1.82) is 0 Å². The molecule has 1 aromatic rings. The summed E-state index contributed by atoms with van der Waals surface area (Å²) in [6.45, 7) is 6.75. The largest absolute Gasteiger partial charge is 0.378 e. The molecule has 1 aromatic heterocycles. The van der Waals surface area contributed by atoms with Crippen LogP contribution in [0, 0.1) is 0 Å². The second-order valence-corrected chi connectivity index (χ2v) is 8.48. The van der Waals surface area contributed by atoms with E-state index >= 15 is 0 Å². The van der Waals surface area contributed by atoms with Crippen LogP contribution in [0.5, 0.6) is 0 Å². The Bertz CT molecular complexity index is 769. The van der Waals surface area contributed by atoms with Gasteiger partial charge in [0.05, 0.1) is 24.9 Å². The van der Waals surface area contributed by atoms with Crippen LogP contribution in [0.3, 0.4) is 0 Å². The molecule has 1 saturated heterocycles. The molecule has 2 aliphatic heterocycles. The first-order chi connectivity index (χ1) is 13.2. The summed E-state index contributed by atoms with van der Waals surface area (Å²) < 4.78 is 7.63. The summed E-state index contributed by atoms with van der Waals surface area (Å²) >= 11 is 1.82. The molecule has 27 heavy (non-hydrogen) atoms. The van der Waals surface area contributed by atoms with E-state index in [1.807, 2.05) is 16.7 Å². The average Bonchev–Trinajstić information content (AvgIpc) is 3.13. The van der Waals surface area contributed by atoms with Crippen LogP contribution >= 0.6 is 11.8 Å². The molecule has 146 valence electrons. The summed E-state index contributed by atoms with van der Waals surface area (Å²) in [5, 5.41) is 4.96. The molecule has 3 heterocycles. The number of aromatic nitrogens is 2. The standard InChI is InChI=1S/C21H29N3O2S/c1-3-16-18(4-2)27-14-17-19(21(25)23-10-12-26-13-11-23)22-24(20(16)17)15-8-6-5-7-9-15/h3-4,15H,5-14H2,1-2H3/b16-3+,18-4+. The number of fused-ring (bicyclic) bond motifs is 1. The van der Waals surface area contributed by atoms with Crippen molar-refractivity contribution < 1.29 is 9.53 Å². The smallest absolute Gasteiger partial charge is 0.274 e. The van der Waals surface area contributed by atoms with E-state index in [4.69, 9.17) is 9.84 Å². The number of rotatable bonds is 2. The highest BCUT2D eigenvalue weighted by Crippen LogP contribution is 2.45. The SMILES string of the molecule is C/C=C1\C(=C/C)SCc2c(C(=O)N3CCOCC3)nn(C3CCCCC3)c21. The number of allylic oxidation sites excluding steroid dienone is 3. The molecule has 1 amide bonds. The zero-order valence-electron chi connectivity index (χ0n) is 16.4. The minimum absolute atomic E-state index is 0.0732. The third-order valence-corrected chi connectivity index (χ3v) is 7.07. The minimum Gasteiger partial charge on any atom is -0.378 e. The topological polar surface area (TPSA) is 47.4 Å². The van der Waals surface area contributed by atoms with E-state index in [1.54, 1.807) is 0 Å². The van der Waals surface area contributed by atoms with Gasteiger partial charge in [-0.1, -0.05) is 31.4 Å². The minimum atomic E-state index is 0.0732. The molecule has 6 heteroatoms. The fourth-order valence-electron chi connectivity index (χ4n) is 4.43. The number of hydrogen-bond donors (Lipinski definition) is 0. The average molecular weight is 388 g/mol.